The van der Waals surface area contributed by atoms with Gasteiger partial charge >= 0.3 is 0 Å². The highest BCUT2D eigenvalue weighted by Gasteiger charge is 2.06. The lowest BCUT2D eigenvalue weighted by molar-refractivity contribution is 0.616. The van der Waals surface area contributed by atoms with E-state index in [1.807, 2.05) is 13.0 Å². The second-order valence-electron chi connectivity index (χ2n) is 5.61. The number of anilines is 1. The van der Waals surface area contributed by atoms with E-state index in [1.165, 1.54) is 38.5 Å². The molecule has 0 amide bonds. The summed E-state index contributed by atoms with van der Waals surface area (Å²) in [4.78, 5) is 4.59. The highest BCUT2D eigenvalue weighted by atomic mass is 15.2. The second-order valence-corrected chi connectivity index (χ2v) is 5.61. The van der Waals surface area contributed by atoms with Crippen LogP contribution in [0.2, 0.25) is 0 Å². The third-order valence-corrected chi connectivity index (χ3v) is 3.67. The molecular weight excluding hydrogens is 258 g/mol. The van der Waals surface area contributed by atoms with Gasteiger partial charge in [-0.2, -0.15) is 0 Å². The van der Waals surface area contributed by atoms with Gasteiger partial charge in [0.25, 0.3) is 0 Å². The van der Waals surface area contributed by atoms with Gasteiger partial charge < -0.3 is 5.32 Å². The molecule has 2 rings (SSSR count). The first-order valence-electron chi connectivity index (χ1n) is 8.16. The van der Waals surface area contributed by atoms with Crippen molar-refractivity contribution in [2.75, 3.05) is 11.9 Å². The lowest BCUT2D eigenvalue weighted by Gasteiger charge is -2.09. The summed E-state index contributed by atoms with van der Waals surface area (Å²) in [5.74, 6) is 0.951. The predicted octanol–water partition coefficient (Wildman–Crippen LogP) is 4.95. The number of rotatable bonds is 9. The Morgan fingerprint density at radius 1 is 1.00 bits per heavy atom. The Hall–Kier alpha value is -1.77. The van der Waals surface area contributed by atoms with Crippen molar-refractivity contribution in [3.8, 4) is 5.69 Å². The quantitative estimate of drug-likeness (QED) is 0.660. The fraction of sp³-hybridized carbons (Fsp3) is 0.500. The van der Waals surface area contributed by atoms with Gasteiger partial charge in [-0.15, -0.1) is 0 Å². The van der Waals surface area contributed by atoms with Crippen LogP contribution in [0.15, 0.2) is 36.5 Å². The minimum Gasteiger partial charge on any atom is -0.355 e. The molecule has 0 fully saturated rings. The molecule has 1 aromatic heterocycles. The van der Waals surface area contributed by atoms with Crippen LogP contribution >= 0.6 is 0 Å². The summed E-state index contributed by atoms with van der Waals surface area (Å²) < 4.78 is 2.13. The van der Waals surface area contributed by atoms with Crippen LogP contribution in [0.25, 0.3) is 5.69 Å². The van der Waals surface area contributed by atoms with E-state index in [0.717, 1.165) is 23.9 Å². The third kappa shape index (κ3) is 4.92. The standard InChI is InChI=1S/C18H27N3/c1-3-4-5-6-7-11-14-19-18-20-16(2)15-21(18)17-12-9-8-10-13-17/h8-10,12-13,15H,3-7,11,14H2,1-2H3,(H,19,20). The fourth-order valence-electron chi connectivity index (χ4n) is 2.51. The molecule has 3 heteroatoms. The van der Waals surface area contributed by atoms with Crippen LogP contribution in [-0.2, 0) is 0 Å². The number of hydrogen-bond donors (Lipinski definition) is 1. The average molecular weight is 285 g/mol. The normalized spacial score (nSPS) is 10.8. The molecule has 0 aliphatic rings. The molecular formula is C18H27N3. The Labute approximate surface area is 128 Å². The van der Waals surface area contributed by atoms with Crippen molar-refractivity contribution < 1.29 is 0 Å². The van der Waals surface area contributed by atoms with E-state index >= 15 is 0 Å². The smallest absolute Gasteiger partial charge is 0.207 e. The molecule has 0 saturated carbocycles. The van der Waals surface area contributed by atoms with Gasteiger partial charge in [-0.05, 0) is 25.5 Å². The topological polar surface area (TPSA) is 29.9 Å². The van der Waals surface area contributed by atoms with Crippen molar-refractivity contribution in [3.05, 3.63) is 42.2 Å². The first kappa shape index (κ1) is 15.6. The minimum absolute atomic E-state index is 0.951. The SMILES string of the molecule is CCCCCCCCNc1nc(C)cn1-c1ccccc1. The van der Waals surface area contributed by atoms with Gasteiger partial charge in [0.2, 0.25) is 5.95 Å². The van der Waals surface area contributed by atoms with Crippen LogP contribution in [0.1, 0.15) is 51.1 Å². The number of imidazole rings is 1. The lowest BCUT2D eigenvalue weighted by Crippen LogP contribution is -2.07. The van der Waals surface area contributed by atoms with Crippen LogP contribution in [0, 0.1) is 6.92 Å². The number of aromatic nitrogens is 2. The predicted molar refractivity (Wildman–Crippen MR) is 90.2 cm³/mol. The van der Waals surface area contributed by atoms with Crippen molar-refractivity contribution in [3.63, 3.8) is 0 Å². The number of unbranched alkanes of at least 4 members (excludes halogenated alkanes) is 5. The molecule has 1 aromatic carbocycles. The van der Waals surface area contributed by atoms with E-state index in [9.17, 15) is 0 Å². The van der Waals surface area contributed by atoms with Gasteiger partial charge in [0.1, 0.15) is 0 Å². The first-order valence-corrected chi connectivity index (χ1v) is 8.16. The maximum atomic E-state index is 4.59. The molecule has 114 valence electrons. The van der Waals surface area contributed by atoms with E-state index in [-0.39, 0.29) is 0 Å². The van der Waals surface area contributed by atoms with Crippen molar-refractivity contribution in [2.45, 2.75) is 52.4 Å². The minimum atomic E-state index is 0.951. The number of nitrogens with one attached hydrogen (secondary N) is 1. The highest BCUT2D eigenvalue weighted by Crippen LogP contribution is 2.16. The number of hydrogen-bond acceptors (Lipinski definition) is 2. The third-order valence-electron chi connectivity index (χ3n) is 3.67. The van der Waals surface area contributed by atoms with E-state index in [0.29, 0.717) is 0 Å². The molecule has 3 nitrogen and oxygen atoms in total. The fourth-order valence-corrected chi connectivity index (χ4v) is 2.51. The van der Waals surface area contributed by atoms with Gasteiger partial charge in [-0.1, -0.05) is 57.2 Å². The lowest BCUT2D eigenvalue weighted by atomic mass is 10.1. The van der Waals surface area contributed by atoms with Crippen LogP contribution in [0.3, 0.4) is 0 Å². The number of aryl methyl sites for hydroxylation is 1. The first-order chi connectivity index (χ1) is 10.3. The molecule has 0 bridgehead atoms. The van der Waals surface area contributed by atoms with Crippen LogP contribution in [-0.4, -0.2) is 16.1 Å². The number of nitrogens with zero attached hydrogens (tertiary/aromatic N) is 2. The molecule has 1 N–H and O–H groups in total. The summed E-state index contributed by atoms with van der Waals surface area (Å²) in [5.41, 5.74) is 2.20. The Balaban J connectivity index is 1.84. The second kappa shape index (κ2) is 8.50. The van der Waals surface area contributed by atoms with Crippen molar-refractivity contribution in [1.29, 1.82) is 0 Å². The van der Waals surface area contributed by atoms with Gasteiger partial charge in [-0.3, -0.25) is 4.57 Å². The van der Waals surface area contributed by atoms with Crippen LogP contribution < -0.4 is 5.32 Å². The molecule has 0 unspecified atom stereocenters. The molecule has 0 aliphatic carbocycles. The van der Waals surface area contributed by atoms with E-state index in [1.54, 1.807) is 0 Å². The Bertz CT molecular complexity index is 517. The Morgan fingerprint density at radius 2 is 1.71 bits per heavy atom. The maximum absolute atomic E-state index is 4.59. The summed E-state index contributed by atoms with van der Waals surface area (Å²) in [6.45, 7) is 5.29. The summed E-state index contributed by atoms with van der Waals surface area (Å²) in [5, 5.41) is 3.48. The Kier molecular flexibility index (Phi) is 6.32. The molecule has 1 heterocycles. The molecule has 0 radical (unpaired) electrons. The van der Waals surface area contributed by atoms with Gasteiger partial charge in [0.15, 0.2) is 0 Å². The van der Waals surface area contributed by atoms with Gasteiger partial charge in [0.05, 0.1) is 5.69 Å². The molecule has 0 saturated heterocycles. The summed E-state index contributed by atoms with van der Waals surface area (Å²) in [7, 11) is 0. The van der Waals surface area contributed by atoms with Crippen molar-refractivity contribution in [2.24, 2.45) is 0 Å². The van der Waals surface area contributed by atoms with Gasteiger partial charge in [0, 0.05) is 18.4 Å². The molecule has 0 atom stereocenters. The van der Waals surface area contributed by atoms with Crippen LogP contribution in [0.5, 0.6) is 0 Å². The molecule has 21 heavy (non-hydrogen) atoms. The van der Waals surface area contributed by atoms with Crippen molar-refractivity contribution >= 4 is 5.95 Å². The highest BCUT2D eigenvalue weighted by molar-refractivity contribution is 5.42. The zero-order valence-electron chi connectivity index (χ0n) is 13.3. The maximum Gasteiger partial charge on any atom is 0.207 e. The molecule has 2 aromatic rings. The van der Waals surface area contributed by atoms with E-state index < -0.39 is 0 Å². The van der Waals surface area contributed by atoms with E-state index in [2.05, 4.69) is 52.3 Å². The van der Waals surface area contributed by atoms with Crippen LogP contribution in [0.4, 0.5) is 5.95 Å². The number of para-hydroxylation sites is 1. The summed E-state index contributed by atoms with van der Waals surface area (Å²) >= 11 is 0. The zero-order chi connectivity index (χ0) is 14.9. The molecule has 0 spiro atoms. The van der Waals surface area contributed by atoms with Gasteiger partial charge in [-0.25, -0.2) is 4.98 Å². The van der Waals surface area contributed by atoms with E-state index in [4.69, 9.17) is 0 Å². The Morgan fingerprint density at radius 3 is 2.48 bits per heavy atom. The number of benzene rings is 1. The summed E-state index contributed by atoms with van der Waals surface area (Å²) in [6.07, 6.45) is 9.99. The van der Waals surface area contributed by atoms with Crippen molar-refractivity contribution in [1.82, 2.24) is 9.55 Å². The monoisotopic (exact) mass is 285 g/mol. The molecule has 0 aliphatic heterocycles. The summed E-state index contributed by atoms with van der Waals surface area (Å²) in [6, 6.07) is 10.4. The average Bonchev–Trinajstić information content (AvgIpc) is 2.88. The largest absolute Gasteiger partial charge is 0.355 e. The zero-order valence-corrected chi connectivity index (χ0v) is 13.3.